The van der Waals surface area contributed by atoms with E-state index in [0.717, 1.165) is 44.5 Å². The van der Waals surface area contributed by atoms with Gasteiger partial charge in [-0.25, -0.2) is 4.79 Å². The summed E-state index contributed by atoms with van der Waals surface area (Å²) in [4.78, 5) is 17.1. The number of carbonyl (C=O) groups excluding carboxylic acids is 1. The van der Waals surface area contributed by atoms with Gasteiger partial charge in [-0.15, -0.1) is 11.3 Å². The van der Waals surface area contributed by atoms with Crippen molar-refractivity contribution >= 4 is 17.4 Å². The molecular weight excluding hydrogens is 312 g/mol. The minimum Gasteiger partial charge on any atom is -0.441 e. The maximum absolute atomic E-state index is 11.7. The molecular formula is C17H22N2O3S. The Morgan fingerprint density at radius 1 is 1.43 bits per heavy atom. The maximum Gasteiger partial charge on any atom is 0.410 e. The molecule has 3 rings (SSSR count). The first-order valence-electron chi connectivity index (χ1n) is 7.94. The molecule has 1 spiro atoms. The topological polar surface area (TPSA) is 53.0 Å². The second-order valence-electron chi connectivity index (χ2n) is 6.30. The number of rotatable bonds is 2. The largest absolute Gasteiger partial charge is 0.441 e. The molecule has 1 aromatic heterocycles. The van der Waals surface area contributed by atoms with Crippen LogP contribution in [-0.4, -0.2) is 59.9 Å². The number of carbonyl (C=O) groups is 1. The second kappa shape index (κ2) is 6.91. The standard InChI is InChI=1S/C17H22N2O3S/c1-18-13-17(22-16(18)21)5-3-7-19(8-6-17)11-15-10-14(12-23-15)4-2-9-20/h10,12,20H,3,5-9,11,13H2,1H3/t17-/m1/s1. The Kier molecular flexibility index (Phi) is 4.90. The summed E-state index contributed by atoms with van der Waals surface area (Å²) in [6.45, 7) is 3.48. The summed E-state index contributed by atoms with van der Waals surface area (Å²) in [5.74, 6) is 5.62. The molecule has 0 unspecified atom stereocenters. The van der Waals surface area contributed by atoms with Gasteiger partial charge in [0, 0.05) is 42.4 Å². The van der Waals surface area contributed by atoms with E-state index in [0.29, 0.717) is 6.54 Å². The zero-order chi connectivity index (χ0) is 16.3. The summed E-state index contributed by atoms with van der Waals surface area (Å²) < 4.78 is 5.65. The molecule has 1 atom stereocenters. The number of likely N-dealkylation sites (N-methyl/N-ethyl adjacent to an activating group) is 1. The van der Waals surface area contributed by atoms with Crippen molar-refractivity contribution in [3.8, 4) is 11.8 Å². The maximum atomic E-state index is 11.7. The number of ether oxygens (including phenoxy) is 1. The Balaban J connectivity index is 1.58. The summed E-state index contributed by atoms with van der Waals surface area (Å²) in [5.41, 5.74) is 0.685. The van der Waals surface area contributed by atoms with E-state index < -0.39 is 0 Å². The lowest BCUT2D eigenvalue weighted by atomic mass is 9.95. The van der Waals surface area contributed by atoms with Crippen LogP contribution in [-0.2, 0) is 11.3 Å². The van der Waals surface area contributed by atoms with Crippen molar-refractivity contribution in [2.75, 3.05) is 33.3 Å². The number of thiophene rings is 1. The third-order valence-corrected chi connectivity index (χ3v) is 5.40. The average molecular weight is 334 g/mol. The number of likely N-dealkylation sites (tertiary alicyclic amines) is 1. The molecule has 3 heterocycles. The number of aliphatic hydroxyl groups excluding tert-OH is 1. The summed E-state index contributed by atoms with van der Waals surface area (Å²) in [5, 5.41) is 10.8. The van der Waals surface area contributed by atoms with Crippen molar-refractivity contribution in [1.82, 2.24) is 9.80 Å². The van der Waals surface area contributed by atoms with Crippen LogP contribution < -0.4 is 0 Å². The Bertz CT molecular complexity index is 633. The second-order valence-corrected chi connectivity index (χ2v) is 7.29. The molecule has 124 valence electrons. The summed E-state index contributed by atoms with van der Waals surface area (Å²) in [6.07, 6.45) is 2.69. The lowest BCUT2D eigenvalue weighted by Crippen LogP contribution is -2.35. The van der Waals surface area contributed by atoms with E-state index in [-0.39, 0.29) is 18.3 Å². The highest BCUT2D eigenvalue weighted by Gasteiger charge is 2.44. The van der Waals surface area contributed by atoms with Crippen LogP contribution >= 0.6 is 11.3 Å². The van der Waals surface area contributed by atoms with Gasteiger partial charge in [0.15, 0.2) is 0 Å². The number of aliphatic hydroxyl groups is 1. The minimum absolute atomic E-state index is 0.105. The van der Waals surface area contributed by atoms with Crippen molar-refractivity contribution in [3.63, 3.8) is 0 Å². The van der Waals surface area contributed by atoms with Crippen molar-refractivity contribution in [3.05, 3.63) is 21.9 Å². The molecule has 2 aliphatic rings. The average Bonchev–Trinajstić information content (AvgIpc) is 3.01. The number of amides is 1. The fourth-order valence-corrected chi connectivity index (χ4v) is 4.18. The summed E-state index contributed by atoms with van der Waals surface area (Å²) in [7, 11) is 1.81. The van der Waals surface area contributed by atoms with E-state index in [1.807, 2.05) is 5.38 Å². The van der Waals surface area contributed by atoms with E-state index in [1.165, 1.54) is 4.88 Å². The van der Waals surface area contributed by atoms with Crippen molar-refractivity contribution in [2.45, 2.75) is 31.4 Å². The minimum atomic E-state index is -0.284. The van der Waals surface area contributed by atoms with Gasteiger partial charge in [-0.05, 0) is 25.5 Å². The van der Waals surface area contributed by atoms with Gasteiger partial charge < -0.3 is 14.7 Å². The Morgan fingerprint density at radius 2 is 2.30 bits per heavy atom. The fraction of sp³-hybridized carbons (Fsp3) is 0.588. The van der Waals surface area contributed by atoms with E-state index >= 15 is 0 Å². The molecule has 1 aromatic rings. The summed E-state index contributed by atoms with van der Waals surface area (Å²) in [6, 6.07) is 2.09. The van der Waals surface area contributed by atoms with E-state index in [4.69, 9.17) is 9.84 Å². The Morgan fingerprint density at radius 3 is 3.04 bits per heavy atom. The van der Waals surface area contributed by atoms with Crippen LogP contribution in [0.5, 0.6) is 0 Å². The van der Waals surface area contributed by atoms with Gasteiger partial charge in [-0.3, -0.25) is 4.90 Å². The van der Waals surface area contributed by atoms with Gasteiger partial charge >= 0.3 is 6.09 Å². The predicted molar refractivity (Wildman–Crippen MR) is 89.3 cm³/mol. The van der Waals surface area contributed by atoms with Crippen LogP contribution in [0.25, 0.3) is 0 Å². The number of nitrogens with zero attached hydrogens (tertiary/aromatic N) is 2. The van der Waals surface area contributed by atoms with Gasteiger partial charge in [0.25, 0.3) is 0 Å². The van der Waals surface area contributed by atoms with Gasteiger partial charge in [0.2, 0.25) is 0 Å². The molecule has 1 N–H and O–H groups in total. The van der Waals surface area contributed by atoms with Crippen molar-refractivity contribution < 1.29 is 14.6 Å². The number of hydrogen-bond acceptors (Lipinski definition) is 5. The van der Waals surface area contributed by atoms with E-state index in [2.05, 4.69) is 22.8 Å². The van der Waals surface area contributed by atoms with Crippen molar-refractivity contribution in [1.29, 1.82) is 0 Å². The lowest BCUT2D eigenvalue weighted by molar-refractivity contribution is 0.0443. The SMILES string of the molecule is CN1C[C@]2(CCCN(Cc3cc(C#CCO)cs3)CC2)OC1=O. The molecule has 0 bridgehead atoms. The molecule has 23 heavy (non-hydrogen) atoms. The highest BCUT2D eigenvalue weighted by Crippen LogP contribution is 2.33. The molecule has 0 aromatic carbocycles. The zero-order valence-electron chi connectivity index (χ0n) is 13.4. The monoisotopic (exact) mass is 334 g/mol. The Hall–Kier alpha value is -1.55. The molecule has 0 saturated carbocycles. The van der Waals surface area contributed by atoms with E-state index in [9.17, 15) is 4.79 Å². The first kappa shape index (κ1) is 16.3. The van der Waals surface area contributed by atoms with Gasteiger partial charge in [-0.2, -0.15) is 0 Å². The first-order valence-corrected chi connectivity index (χ1v) is 8.82. The van der Waals surface area contributed by atoms with Crippen LogP contribution in [0.4, 0.5) is 4.79 Å². The van der Waals surface area contributed by atoms with Gasteiger partial charge in [-0.1, -0.05) is 11.8 Å². The lowest BCUT2D eigenvalue weighted by Gasteiger charge is -2.25. The van der Waals surface area contributed by atoms with Crippen LogP contribution in [0.15, 0.2) is 11.4 Å². The van der Waals surface area contributed by atoms with Crippen LogP contribution in [0.1, 0.15) is 29.7 Å². The highest BCUT2D eigenvalue weighted by molar-refractivity contribution is 7.10. The van der Waals surface area contributed by atoms with Gasteiger partial charge in [0.05, 0.1) is 6.54 Å². The molecule has 2 fully saturated rings. The zero-order valence-corrected chi connectivity index (χ0v) is 14.2. The first-order chi connectivity index (χ1) is 11.1. The fourth-order valence-electron chi connectivity index (χ4n) is 3.33. The molecule has 2 aliphatic heterocycles. The third kappa shape index (κ3) is 3.86. The van der Waals surface area contributed by atoms with Gasteiger partial charge in [0.1, 0.15) is 12.2 Å². The normalized spacial score (nSPS) is 25.1. The molecule has 0 aliphatic carbocycles. The summed E-state index contributed by atoms with van der Waals surface area (Å²) >= 11 is 1.71. The highest BCUT2D eigenvalue weighted by atomic mass is 32.1. The van der Waals surface area contributed by atoms with Crippen LogP contribution in [0, 0.1) is 11.8 Å². The molecule has 0 radical (unpaired) electrons. The molecule has 1 amide bonds. The predicted octanol–water partition coefficient (Wildman–Crippen LogP) is 1.90. The number of hydrogen-bond donors (Lipinski definition) is 1. The smallest absolute Gasteiger partial charge is 0.410 e. The third-order valence-electron chi connectivity index (χ3n) is 4.48. The van der Waals surface area contributed by atoms with Crippen LogP contribution in [0.2, 0.25) is 0 Å². The van der Waals surface area contributed by atoms with Crippen molar-refractivity contribution in [2.24, 2.45) is 0 Å². The van der Waals surface area contributed by atoms with Crippen LogP contribution in [0.3, 0.4) is 0 Å². The molecule has 2 saturated heterocycles. The molecule has 6 heteroatoms. The van der Waals surface area contributed by atoms with E-state index in [1.54, 1.807) is 23.3 Å². The Labute approximate surface area is 140 Å². The molecule has 5 nitrogen and oxygen atoms in total. The quantitative estimate of drug-likeness (QED) is 0.840.